The van der Waals surface area contributed by atoms with Gasteiger partial charge in [0.2, 0.25) is 0 Å². The number of aliphatic imine (C=N–C) groups is 1. The highest BCUT2D eigenvalue weighted by Crippen LogP contribution is 2.25. The maximum absolute atomic E-state index is 6.05. The lowest BCUT2D eigenvalue weighted by Crippen LogP contribution is -2.14. The molecule has 0 fully saturated rings. The lowest BCUT2D eigenvalue weighted by Gasteiger charge is -2.08. The van der Waals surface area contributed by atoms with Crippen LogP contribution < -0.4 is 10.5 Å². The van der Waals surface area contributed by atoms with Crippen molar-refractivity contribution in [2.75, 3.05) is 6.61 Å². The third-order valence-electron chi connectivity index (χ3n) is 4.87. The van der Waals surface area contributed by atoms with E-state index in [1.54, 1.807) is 12.4 Å². The Morgan fingerprint density at radius 1 is 0.903 bits per heavy atom. The number of rotatable bonds is 9. The highest BCUT2D eigenvalue weighted by Gasteiger charge is 2.02. The molecule has 156 valence electrons. The fraction of sp³-hybridized carbons (Fsp3) is 0.160. The van der Waals surface area contributed by atoms with E-state index in [-0.39, 0.29) is 0 Å². The summed E-state index contributed by atoms with van der Waals surface area (Å²) >= 11 is 0. The molecule has 31 heavy (non-hydrogen) atoms. The highest BCUT2D eigenvalue weighted by atomic mass is 16.5. The second-order valence-corrected chi connectivity index (χ2v) is 7.14. The van der Waals surface area contributed by atoms with Gasteiger partial charge in [0.1, 0.15) is 17.3 Å². The maximum atomic E-state index is 6.05. The molecule has 6 nitrogen and oxygen atoms in total. The molecule has 0 aliphatic rings. The van der Waals surface area contributed by atoms with Crippen molar-refractivity contribution in [3.63, 3.8) is 0 Å². The van der Waals surface area contributed by atoms with E-state index in [1.165, 1.54) is 0 Å². The Balaban J connectivity index is 1.29. The van der Waals surface area contributed by atoms with E-state index in [1.807, 2.05) is 67.1 Å². The molecule has 4 aromatic rings. The van der Waals surface area contributed by atoms with Crippen LogP contribution in [-0.4, -0.2) is 27.0 Å². The summed E-state index contributed by atoms with van der Waals surface area (Å²) in [7, 11) is 0. The van der Waals surface area contributed by atoms with Crippen LogP contribution in [0, 0.1) is 0 Å². The SMILES string of the molecule is NC(=Nc1ccc(-c2ccc(OCCCCn3ccnc3)cc2)cc1)c1ccccn1. The summed E-state index contributed by atoms with van der Waals surface area (Å²) in [5, 5.41) is 0. The minimum absolute atomic E-state index is 0.403. The first-order valence-corrected chi connectivity index (χ1v) is 10.3. The second kappa shape index (κ2) is 10.2. The summed E-state index contributed by atoms with van der Waals surface area (Å²) in [6.45, 7) is 1.67. The molecule has 2 N–H and O–H groups in total. The van der Waals surface area contributed by atoms with Gasteiger partial charge in [-0.25, -0.2) is 9.98 Å². The fourth-order valence-electron chi connectivity index (χ4n) is 3.19. The van der Waals surface area contributed by atoms with Gasteiger partial charge in [-0.3, -0.25) is 4.98 Å². The quantitative estimate of drug-likeness (QED) is 0.243. The normalized spacial score (nSPS) is 11.4. The highest BCUT2D eigenvalue weighted by molar-refractivity contribution is 5.97. The number of ether oxygens (including phenoxy) is 1. The largest absolute Gasteiger partial charge is 0.494 e. The molecule has 0 spiro atoms. The molecular weight excluding hydrogens is 386 g/mol. The minimum atomic E-state index is 0.403. The Labute approximate surface area is 182 Å². The van der Waals surface area contributed by atoms with Crippen LogP contribution >= 0.6 is 0 Å². The molecule has 0 amide bonds. The molecule has 6 heteroatoms. The van der Waals surface area contributed by atoms with E-state index < -0.39 is 0 Å². The number of hydrogen-bond donors (Lipinski definition) is 1. The maximum Gasteiger partial charge on any atom is 0.150 e. The number of pyridine rings is 1. The lowest BCUT2D eigenvalue weighted by molar-refractivity contribution is 0.303. The summed E-state index contributed by atoms with van der Waals surface area (Å²) in [5.74, 6) is 1.29. The van der Waals surface area contributed by atoms with Crippen LogP contribution in [0.1, 0.15) is 18.5 Å². The standard InChI is InChI=1S/C25H25N5O/c26-25(24-5-1-2-14-28-24)29-22-10-6-20(7-11-22)21-8-12-23(13-9-21)31-18-4-3-16-30-17-15-27-19-30/h1-2,5-15,17,19H,3-4,16,18H2,(H2,26,29). The Kier molecular flexibility index (Phi) is 6.70. The van der Waals surface area contributed by atoms with Crippen LogP contribution in [0.3, 0.4) is 0 Å². The zero-order valence-electron chi connectivity index (χ0n) is 17.3. The molecule has 0 saturated heterocycles. The van der Waals surface area contributed by atoms with Gasteiger partial charge in [-0.15, -0.1) is 0 Å². The predicted octanol–water partition coefficient (Wildman–Crippen LogP) is 4.84. The average molecular weight is 412 g/mol. The average Bonchev–Trinajstić information content (AvgIpc) is 3.34. The minimum Gasteiger partial charge on any atom is -0.494 e. The molecule has 2 aromatic heterocycles. The van der Waals surface area contributed by atoms with Crippen molar-refractivity contribution in [1.29, 1.82) is 0 Å². The van der Waals surface area contributed by atoms with Gasteiger partial charge >= 0.3 is 0 Å². The Morgan fingerprint density at radius 3 is 2.35 bits per heavy atom. The van der Waals surface area contributed by atoms with Crippen molar-refractivity contribution >= 4 is 11.5 Å². The number of aromatic nitrogens is 3. The van der Waals surface area contributed by atoms with Crippen molar-refractivity contribution in [3.05, 3.63) is 97.3 Å². The van der Waals surface area contributed by atoms with Crippen molar-refractivity contribution < 1.29 is 4.74 Å². The number of hydrogen-bond acceptors (Lipinski definition) is 4. The van der Waals surface area contributed by atoms with Crippen molar-refractivity contribution in [2.24, 2.45) is 10.7 Å². The van der Waals surface area contributed by atoms with Crippen molar-refractivity contribution in [2.45, 2.75) is 19.4 Å². The monoisotopic (exact) mass is 411 g/mol. The van der Waals surface area contributed by atoms with Crippen LogP contribution in [0.25, 0.3) is 11.1 Å². The first kappa shape index (κ1) is 20.3. The smallest absolute Gasteiger partial charge is 0.150 e. The number of unbranched alkanes of at least 4 members (excludes halogenated alkanes) is 1. The number of amidine groups is 1. The van der Waals surface area contributed by atoms with Crippen molar-refractivity contribution in [1.82, 2.24) is 14.5 Å². The van der Waals surface area contributed by atoms with Crippen LogP contribution in [0.2, 0.25) is 0 Å². The summed E-state index contributed by atoms with van der Waals surface area (Å²) in [4.78, 5) is 12.7. The van der Waals surface area contributed by atoms with E-state index >= 15 is 0 Å². The molecule has 0 saturated carbocycles. The summed E-state index contributed by atoms with van der Waals surface area (Å²) in [5.41, 5.74) is 9.75. The van der Waals surface area contributed by atoms with E-state index in [2.05, 4.69) is 31.7 Å². The van der Waals surface area contributed by atoms with Gasteiger partial charge < -0.3 is 15.0 Å². The van der Waals surface area contributed by atoms with Gasteiger partial charge in [0.25, 0.3) is 0 Å². The van der Waals surface area contributed by atoms with Gasteiger partial charge in [0.05, 0.1) is 18.6 Å². The van der Waals surface area contributed by atoms with Gasteiger partial charge in [-0.1, -0.05) is 30.3 Å². The summed E-state index contributed by atoms with van der Waals surface area (Å²) < 4.78 is 7.94. The van der Waals surface area contributed by atoms with Gasteiger partial charge in [-0.05, 0) is 60.4 Å². The first-order valence-electron chi connectivity index (χ1n) is 10.3. The predicted molar refractivity (Wildman–Crippen MR) is 123 cm³/mol. The first-order chi connectivity index (χ1) is 15.3. The number of imidazole rings is 1. The van der Waals surface area contributed by atoms with E-state index in [0.29, 0.717) is 18.1 Å². The number of benzene rings is 2. The van der Waals surface area contributed by atoms with Crippen molar-refractivity contribution in [3.8, 4) is 16.9 Å². The van der Waals surface area contributed by atoms with Gasteiger partial charge in [-0.2, -0.15) is 0 Å². The number of aryl methyl sites for hydroxylation is 1. The van der Waals surface area contributed by atoms with E-state index in [4.69, 9.17) is 10.5 Å². The Hall–Kier alpha value is -3.93. The molecule has 0 unspecified atom stereocenters. The molecule has 0 aliphatic heterocycles. The topological polar surface area (TPSA) is 78.3 Å². The second-order valence-electron chi connectivity index (χ2n) is 7.14. The molecular formula is C25H25N5O. The molecule has 4 rings (SSSR count). The zero-order valence-corrected chi connectivity index (χ0v) is 17.3. The zero-order chi connectivity index (χ0) is 21.3. The van der Waals surface area contributed by atoms with E-state index in [0.717, 1.165) is 42.0 Å². The van der Waals surface area contributed by atoms with Gasteiger partial charge in [0.15, 0.2) is 0 Å². The summed E-state index contributed by atoms with van der Waals surface area (Å²) in [6.07, 6.45) is 9.39. The van der Waals surface area contributed by atoms with Crippen LogP contribution in [0.15, 0.2) is 96.6 Å². The fourth-order valence-corrected chi connectivity index (χ4v) is 3.19. The number of nitrogens with two attached hydrogens (primary N) is 1. The van der Waals surface area contributed by atoms with Crippen LogP contribution in [0.5, 0.6) is 5.75 Å². The Morgan fingerprint density at radius 2 is 1.68 bits per heavy atom. The molecule has 0 aliphatic carbocycles. The Bertz CT molecular complexity index is 1090. The third-order valence-corrected chi connectivity index (χ3v) is 4.87. The molecule has 2 aromatic carbocycles. The molecule has 2 heterocycles. The number of nitrogens with zero attached hydrogens (tertiary/aromatic N) is 4. The third kappa shape index (κ3) is 5.79. The molecule has 0 radical (unpaired) electrons. The van der Waals surface area contributed by atoms with Gasteiger partial charge in [0, 0.05) is 25.1 Å². The van der Waals surface area contributed by atoms with E-state index in [9.17, 15) is 0 Å². The van der Waals surface area contributed by atoms with Crippen LogP contribution in [0.4, 0.5) is 5.69 Å². The lowest BCUT2D eigenvalue weighted by atomic mass is 10.1. The molecule has 0 atom stereocenters. The summed E-state index contributed by atoms with van der Waals surface area (Å²) in [6, 6.07) is 21.7. The molecule has 0 bridgehead atoms. The van der Waals surface area contributed by atoms with Crippen LogP contribution in [-0.2, 0) is 6.54 Å².